The highest BCUT2D eigenvalue weighted by Gasteiger charge is 2.47. The Labute approximate surface area is 111 Å². The predicted octanol–water partition coefficient (Wildman–Crippen LogP) is 1.37. The van der Waals surface area contributed by atoms with E-state index in [0.717, 1.165) is 5.56 Å². The van der Waals surface area contributed by atoms with Crippen LogP contribution in [0.5, 0.6) is 0 Å². The van der Waals surface area contributed by atoms with Crippen molar-refractivity contribution in [2.45, 2.75) is 6.42 Å². The van der Waals surface area contributed by atoms with Crippen LogP contribution in [0.1, 0.15) is 5.56 Å². The van der Waals surface area contributed by atoms with Gasteiger partial charge in [-0.2, -0.15) is 5.26 Å². The standard InChI is InChI=1S/C14H15FN2O2/c1-17(13(18)14(8-16)9-19-10-14)7-6-11-2-4-12(15)5-3-11/h2-5H,6-7,9-10H2,1H3. The van der Waals surface area contributed by atoms with Gasteiger partial charge in [0.25, 0.3) is 0 Å². The number of ether oxygens (including phenoxy) is 1. The van der Waals surface area contributed by atoms with Gasteiger partial charge in [-0.05, 0) is 24.1 Å². The van der Waals surface area contributed by atoms with Crippen LogP contribution in [0, 0.1) is 22.6 Å². The minimum atomic E-state index is -1.00. The normalized spacial score (nSPS) is 16.3. The van der Waals surface area contributed by atoms with Crippen molar-refractivity contribution in [3.63, 3.8) is 0 Å². The molecule has 0 radical (unpaired) electrons. The number of nitrogens with zero attached hydrogens (tertiary/aromatic N) is 2. The first-order valence-corrected chi connectivity index (χ1v) is 6.06. The molecule has 0 bridgehead atoms. The Balaban J connectivity index is 1.91. The number of rotatable bonds is 4. The Morgan fingerprint density at radius 2 is 2.11 bits per heavy atom. The van der Waals surface area contributed by atoms with E-state index in [4.69, 9.17) is 10.00 Å². The molecule has 0 aliphatic carbocycles. The number of hydrogen-bond donors (Lipinski definition) is 0. The van der Waals surface area contributed by atoms with Gasteiger partial charge in [0.1, 0.15) is 5.82 Å². The maximum Gasteiger partial charge on any atom is 0.247 e. The summed E-state index contributed by atoms with van der Waals surface area (Å²) in [5, 5.41) is 9.05. The fraction of sp³-hybridized carbons (Fsp3) is 0.429. The minimum absolute atomic E-state index is 0.170. The van der Waals surface area contributed by atoms with E-state index in [-0.39, 0.29) is 24.9 Å². The van der Waals surface area contributed by atoms with Crippen molar-refractivity contribution in [3.05, 3.63) is 35.6 Å². The average Bonchev–Trinajstić information content (AvgIpc) is 2.37. The van der Waals surface area contributed by atoms with Crippen LogP contribution in [0.4, 0.5) is 4.39 Å². The SMILES string of the molecule is CN(CCc1ccc(F)cc1)C(=O)C1(C#N)COC1. The Bertz CT molecular complexity index is 503. The van der Waals surface area contributed by atoms with Crippen LogP contribution in [-0.2, 0) is 16.0 Å². The number of carbonyl (C=O) groups excluding carboxylic acids is 1. The molecular formula is C14H15FN2O2. The summed E-state index contributed by atoms with van der Waals surface area (Å²) in [5.41, 5.74) is -0.0470. The molecule has 0 spiro atoms. The molecule has 0 saturated carbocycles. The third kappa shape index (κ3) is 2.74. The van der Waals surface area contributed by atoms with Gasteiger partial charge in [-0.15, -0.1) is 0 Å². The highest BCUT2D eigenvalue weighted by Crippen LogP contribution is 2.28. The number of amides is 1. The Kier molecular flexibility index (Phi) is 3.82. The second-order valence-corrected chi connectivity index (χ2v) is 4.79. The van der Waals surface area contributed by atoms with Crippen LogP contribution in [-0.4, -0.2) is 37.6 Å². The summed E-state index contributed by atoms with van der Waals surface area (Å²) in [6.07, 6.45) is 0.630. The molecule has 0 atom stereocenters. The zero-order valence-electron chi connectivity index (χ0n) is 10.7. The van der Waals surface area contributed by atoms with Crippen LogP contribution in [0.15, 0.2) is 24.3 Å². The summed E-state index contributed by atoms with van der Waals surface area (Å²) in [6, 6.07) is 8.22. The zero-order valence-corrected chi connectivity index (χ0v) is 10.7. The van der Waals surface area contributed by atoms with E-state index >= 15 is 0 Å². The van der Waals surface area contributed by atoms with Crippen LogP contribution in [0.25, 0.3) is 0 Å². The molecule has 1 aromatic carbocycles. The topological polar surface area (TPSA) is 53.3 Å². The summed E-state index contributed by atoms with van der Waals surface area (Å²) < 4.78 is 17.7. The number of benzene rings is 1. The van der Waals surface area contributed by atoms with E-state index in [0.29, 0.717) is 13.0 Å². The van der Waals surface area contributed by atoms with Crippen molar-refractivity contribution in [3.8, 4) is 6.07 Å². The van der Waals surface area contributed by atoms with Gasteiger partial charge in [-0.3, -0.25) is 4.79 Å². The molecule has 4 nitrogen and oxygen atoms in total. The molecule has 1 aliphatic rings. The second-order valence-electron chi connectivity index (χ2n) is 4.79. The van der Waals surface area contributed by atoms with E-state index in [9.17, 15) is 9.18 Å². The van der Waals surface area contributed by atoms with E-state index in [2.05, 4.69) is 0 Å². The van der Waals surface area contributed by atoms with Gasteiger partial charge in [0, 0.05) is 13.6 Å². The molecule has 1 saturated heterocycles. The lowest BCUT2D eigenvalue weighted by Crippen LogP contribution is -2.53. The van der Waals surface area contributed by atoms with E-state index in [1.165, 1.54) is 17.0 Å². The molecule has 19 heavy (non-hydrogen) atoms. The average molecular weight is 262 g/mol. The third-order valence-electron chi connectivity index (χ3n) is 3.32. The second kappa shape index (κ2) is 5.37. The molecule has 100 valence electrons. The molecule has 1 heterocycles. The maximum atomic E-state index is 12.8. The Morgan fingerprint density at radius 1 is 1.47 bits per heavy atom. The molecular weight excluding hydrogens is 247 g/mol. The molecule has 1 aromatic rings. The first-order chi connectivity index (χ1) is 9.07. The summed E-state index contributed by atoms with van der Waals surface area (Å²) in [4.78, 5) is 13.7. The first kappa shape index (κ1) is 13.5. The summed E-state index contributed by atoms with van der Waals surface area (Å²) >= 11 is 0. The lowest BCUT2D eigenvalue weighted by Gasteiger charge is -2.36. The van der Waals surface area contributed by atoms with Crippen molar-refractivity contribution >= 4 is 5.91 Å². The minimum Gasteiger partial charge on any atom is -0.377 e. The number of likely N-dealkylation sites (N-methyl/N-ethyl adjacent to an activating group) is 1. The quantitative estimate of drug-likeness (QED) is 0.823. The third-order valence-corrected chi connectivity index (χ3v) is 3.32. The first-order valence-electron chi connectivity index (χ1n) is 6.06. The van der Waals surface area contributed by atoms with Gasteiger partial charge in [-0.1, -0.05) is 12.1 Å². The van der Waals surface area contributed by atoms with Crippen molar-refractivity contribution < 1.29 is 13.9 Å². The molecule has 1 aliphatic heterocycles. The van der Waals surface area contributed by atoms with Crippen LogP contribution in [0.2, 0.25) is 0 Å². The predicted molar refractivity (Wildman–Crippen MR) is 66.6 cm³/mol. The molecule has 0 aromatic heterocycles. The van der Waals surface area contributed by atoms with E-state index in [1.54, 1.807) is 19.2 Å². The molecule has 2 rings (SSSR count). The van der Waals surface area contributed by atoms with Crippen molar-refractivity contribution in [2.75, 3.05) is 26.8 Å². The highest BCUT2D eigenvalue weighted by atomic mass is 19.1. The summed E-state index contributed by atoms with van der Waals surface area (Å²) in [6.45, 7) is 0.834. The van der Waals surface area contributed by atoms with Crippen LogP contribution >= 0.6 is 0 Å². The monoisotopic (exact) mass is 262 g/mol. The summed E-state index contributed by atoms with van der Waals surface area (Å²) in [7, 11) is 1.67. The molecule has 0 unspecified atom stereocenters. The van der Waals surface area contributed by atoms with Gasteiger partial charge in [0.05, 0.1) is 19.3 Å². The number of halogens is 1. The molecule has 1 amide bonds. The zero-order chi connectivity index (χ0) is 13.9. The van der Waals surface area contributed by atoms with Gasteiger partial charge < -0.3 is 9.64 Å². The van der Waals surface area contributed by atoms with Crippen LogP contribution in [0.3, 0.4) is 0 Å². The van der Waals surface area contributed by atoms with Gasteiger partial charge in [0.2, 0.25) is 5.91 Å². The van der Waals surface area contributed by atoms with Gasteiger partial charge in [0.15, 0.2) is 5.41 Å². The number of hydrogen-bond acceptors (Lipinski definition) is 3. The smallest absolute Gasteiger partial charge is 0.247 e. The number of nitriles is 1. The summed E-state index contributed by atoms with van der Waals surface area (Å²) in [5.74, 6) is -0.480. The molecule has 1 fully saturated rings. The molecule has 5 heteroatoms. The fourth-order valence-electron chi connectivity index (χ4n) is 1.96. The Morgan fingerprint density at radius 3 is 2.58 bits per heavy atom. The van der Waals surface area contributed by atoms with Gasteiger partial charge in [-0.25, -0.2) is 4.39 Å². The largest absolute Gasteiger partial charge is 0.377 e. The van der Waals surface area contributed by atoms with Gasteiger partial charge >= 0.3 is 0 Å². The highest BCUT2D eigenvalue weighted by molar-refractivity contribution is 5.86. The lowest BCUT2D eigenvalue weighted by molar-refractivity contribution is -0.159. The lowest BCUT2D eigenvalue weighted by atomic mass is 9.86. The fourth-order valence-corrected chi connectivity index (χ4v) is 1.96. The number of carbonyl (C=O) groups is 1. The maximum absolute atomic E-state index is 12.8. The van der Waals surface area contributed by atoms with Crippen molar-refractivity contribution in [1.29, 1.82) is 5.26 Å². The van der Waals surface area contributed by atoms with Crippen LogP contribution < -0.4 is 0 Å². The van der Waals surface area contributed by atoms with E-state index < -0.39 is 5.41 Å². The molecule has 0 N–H and O–H groups in total. The van der Waals surface area contributed by atoms with Crippen molar-refractivity contribution in [1.82, 2.24) is 4.90 Å². The van der Waals surface area contributed by atoms with Crippen molar-refractivity contribution in [2.24, 2.45) is 5.41 Å². The van der Waals surface area contributed by atoms with E-state index in [1.807, 2.05) is 6.07 Å². The Hall–Kier alpha value is -1.93.